The lowest BCUT2D eigenvalue weighted by Crippen LogP contribution is -2.60. The maximum atomic E-state index is 12.6. The molecule has 0 aromatic rings. The van der Waals surface area contributed by atoms with Crippen LogP contribution >= 0.6 is 0 Å². The highest BCUT2D eigenvalue weighted by molar-refractivity contribution is 5.95. The normalized spacial score (nSPS) is 15.2. The van der Waals surface area contributed by atoms with Crippen molar-refractivity contribution in [2.24, 2.45) is 11.5 Å². The first-order chi connectivity index (χ1) is 15.8. The molecular formula is C19H33N5O10. The van der Waals surface area contributed by atoms with Crippen LogP contribution in [0.4, 0.5) is 0 Å². The third-order valence-corrected chi connectivity index (χ3v) is 4.64. The van der Waals surface area contributed by atoms with Crippen LogP contribution < -0.4 is 27.4 Å². The second kappa shape index (κ2) is 15.5. The molecule has 0 aliphatic rings. The molecule has 11 N–H and O–H groups in total. The van der Waals surface area contributed by atoms with E-state index in [9.17, 15) is 33.9 Å². The molecule has 0 fully saturated rings. The second-order valence-electron chi connectivity index (χ2n) is 7.61. The van der Waals surface area contributed by atoms with Gasteiger partial charge in [-0.3, -0.25) is 24.0 Å². The van der Waals surface area contributed by atoms with Gasteiger partial charge in [0.2, 0.25) is 17.7 Å². The largest absolute Gasteiger partial charge is 0.481 e. The number of aliphatic carboxylic acids is 3. The zero-order valence-corrected chi connectivity index (χ0v) is 18.7. The van der Waals surface area contributed by atoms with Crippen LogP contribution in [-0.2, 0) is 28.8 Å². The fourth-order valence-electron chi connectivity index (χ4n) is 2.75. The van der Waals surface area contributed by atoms with E-state index in [1.807, 2.05) is 5.32 Å². The molecule has 3 amide bonds. The third-order valence-electron chi connectivity index (χ3n) is 4.64. The fraction of sp³-hybridized carbons (Fsp3) is 0.684. The average molecular weight is 491 g/mol. The number of amides is 3. The molecular weight excluding hydrogens is 458 g/mol. The number of carbonyl (C=O) groups excluding carboxylic acids is 3. The van der Waals surface area contributed by atoms with E-state index < -0.39 is 85.2 Å². The molecule has 0 rings (SSSR count). The number of aliphatic hydroxyl groups is 1. The lowest BCUT2D eigenvalue weighted by atomic mass is 10.1. The number of unbranched alkanes of at least 4 members (excludes halogenated alkanes) is 1. The van der Waals surface area contributed by atoms with E-state index in [2.05, 4.69) is 10.6 Å². The number of aliphatic hydroxyl groups excluding tert-OH is 1. The van der Waals surface area contributed by atoms with Gasteiger partial charge in [0.15, 0.2) is 0 Å². The van der Waals surface area contributed by atoms with Crippen LogP contribution in [-0.4, -0.2) is 92.9 Å². The van der Waals surface area contributed by atoms with Gasteiger partial charge < -0.3 is 47.8 Å². The van der Waals surface area contributed by atoms with Crippen LogP contribution in [0.25, 0.3) is 0 Å². The van der Waals surface area contributed by atoms with E-state index >= 15 is 0 Å². The molecule has 0 saturated heterocycles. The summed E-state index contributed by atoms with van der Waals surface area (Å²) in [6.45, 7) is 1.50. The predicted octanol–water partition coefficient (Wildman–Crippen LogP) is -3.30. The smallest absolute Gasteiger partial charge is 0.326 e. The molecule has 34 heavy (non-hydrogen) atoms. The molecule has 0 saturated carbocycles. The Balaban J connectivity index is 5.37. The van der Waals surface area contributed by atoms with E-state index in [4.69, 9.17) is 26.8 Å². The minimum absolute atomic E-state index is 0.232. The Hall–Kier alpha value is -3.30. The van der Waals surface area contributed by atoms with Gasteiger partial charge in [-0.1, -0.05) is 6.42 Å². The highest BCUT2D eigenvalue weighted by atomic mass is 16.4. The van der Waals surface area contributed by atoms with Crippen molar-refractivity contribution in [3.63, 3.8) is 0 Å². The van der Waals surface area contributed by atoms with E-state index in [-0.39, 0.29) is 6.42 Å². The summed E-state index contributed by atoms with van der Waals surface area (Å²) in [5.41, 5.74) is 11.1. The summed E-state index contributed by atoms with van der Waals surface area (Å²) in [6.07, 6.45) is -2.09. The van der Waals surface area contributed by atoms with Crippen molar-refractivity contribution in [2.75, 3.05) is 6.54 Å². The minimum Gasteiger partial charge on any atom is -0.481 e. The van der Waals surface area contributed by atoms with E-state index in [1.54, 1.807) is 0 Å². The minimum atomic E-state index is -1.73. The Morgan fingerprint density at radius 2 is 1.38 bits per heavy atom. The van der Waals surface area contributed by atoms with Gasteiger partial charge >= 0.3 is 17.9 Å². The Morgan fingerprint density at radius 1 is 0.794 bits per heavy atom. The molecule has 5 unspecified atom stereocenters. The van der Waals surface area contributed by atoms with Gasteiger partial charge in [0.25, 0.3) is 0 Å². The van der Waals surface area contributed by atoms with Gasteiger partial charge in [-0.15, -0.1) is 0 Å². The van der Waals surface area contributed by atoms with Gasteiger partial charge in [0, 0.05) is 6.42 Å². The summed E-state index contributed by atoms with van der Waals surface area (Å²) in [7, 11) is 0. The SMILES string of the molecule is CC(O)C(NC(=O)C(CC(=O)O)NC(=O)C(N)CCCCN)C(=O)NC(CCC(=O)O)C(=O)O. The summed E-state index contributed by atoms with van der Waals surface area (Å²) in [5, 5.41) is 43.1. The van der Waals surface area contributed by atoms with Crippen LogP contribution in [0, 0.1) is 0 Å². The van der Waals surface area contributed by atoms with Gasteiger partial charge in [-0.2, -0.15) is 0 Å². The highest BCUT2D eigenvalue weighted by Crippen LogP contribution is 2.04. The van der Waals surface area contributed by atoms with Crippen LogP contribution in [0.15, 0.2) is 0 Å². The lowest BCUT2D eigenvalue weighted by molar-refractivity contribution is -0.145. The number of rotatable bonds is 17. The Bertz CT molecular complexity index is 745. The van der Waals surface area contributed by atoms with Crippen LogP contribution in [0.1, 0.15) is 45.4 Å². The maximum Gasteiger partial charge on any atom is 0.326 e. The van der Waals surface area contributed by atoms with Gasteiger partial charge in [0.05, 0.1) is 18.6 Å². The van der Waals surface area contributed by atoms with Crippen molar-refractivity contribution in [3.05, 3.63) is 0 Å². The first-order valence-corrected chi connectivity index (χ1v) is 10.5. The van der Waals surface area contributed by atoms with Crippen LogP contribution in [0.2, 0.25) is 0 Å². The van der Waals surface area contributed by atoms with Crippen molar-refractivity contribution in [1.82, 2.24) is 16.0 Å². The van der Waals surface area contributed by atoms with Gasteiger partial charge in [-0.25, -0.2) is 4.79 Å². The number of carbonyl (C=O) groups is 6. The number of carboxylic acid groups (broad SMARTS) is 3. The van der Waals surface area contributed by atoms with E-state index in [1.165, 1.54) is 0 Å². The van der Waals surface area contributed by atoms with Gasteiger partial charge in [-0.05, 0) is 32.7 Å². The zero-order chi connectivity index (χ0) is 26.4. The molecule has 0 spiro atoms. The molecule has 15 heteroatoms. The molecule has 0 aliphatic heterocycles. The molecule has 0 aromatic carbocycles. The van der Waals surface area contributed by atoms with E-state index in [0.717, 1.165) is 6.92 Å². The topological polar surface area (TPSA) is 271 Å². The maximum absolute atomic E-state index is 12.6. The van der Waals surface area contributed by atoms with Crippen LogP contribution in [0.3, 0.4) is 0 Å². The quantitative estimate of drug-likeness (QED) is 0.0905. The molecule has 0 aromatic heterocycles. The van der Waals surface area contributed by atoms with Crippen molar-refractivity contribution >= 4 is 35.6 Å². The monoisotopic (exact) mass is 491 g/mol. The summed E-state index contributed by atoms with van der Waals surface area (Å²) >= 11 is 0. The molecule has 0 heterocycles. The van der Waals surface area contributed by atoms with Gasteiger partial charge in [0.1, 0.15) is 18.1 Å². The van der Waals surface area contributed by atoms with Crippen molar-refractivity contribution in [1.29, 1.82) is 0 Å². The first-order valence-electron chi connectivity index (χ1n) is 10.5. The van der Waals surface area contributed by atoms with Crippen LogP contribution in [0.5, 0.6) is 0 Å². The number of carboxylic acids is 3. The number of nitrogens with one attached hydrogen (secondary N) is 3. The van der Waals surface area contributed by atoms with Crippen molar-refractivity contribution in [3.8, 4) is 0 Å². The third kappa shape index (κ3) is 12.1. The Morgan fingerprint density at radius 3 is 1.85 bits per heavy atom. The predicted molar refractivity (Wildman–Crippen MR) is 115 cm³/mol. The highest BCUT2D eigenvalue weighted by Gasteiger charge is 2.33. The van der Waals surface area contributed by atoms with Crippen molar-refractivity contribution < 1.29 is 49.2 Å². The van der Waals surface area contributed by atoms with E-state index in [0.29, 0.717) is 19.4 Å². The number of hydrogen-bond acceptors (Lipinski definition) is 9. The molecule has 5 atom stereocenters. The standard InChI is InChI=1S/C19H33N5O10/c1-9(25)15(18(32)22-11(19(33)34)5-6-13(26)27)24-17(31)12(8-14(28)29)23-16(30)10(21)4-2-3-7-20/h9-12,15,25H,2-8,20-21H2,1H3,(H,22,32)(H,23,30)(H,24,31)(H,26,27)(H,28,29)(H,33,34). The Kier molecular flexibility index (Phi) is 14.0. The average Bonchev–Trinajstić information content (AvgIpc) is 2.73. The number of hydrogen-bond donors (Lipinski definition) is 9. The molecule has 15 nitrogen and oxygen atoms in total. The lowest BCUT2D eigenvalue weighted by Gasteiger charge is -2.26. The van der Waals surface area contributed by atoms with Crippen molar-refractivity contribution in [2.45, 2.75) is 75.7 Å². The summed E-state index contributed by atoms with van der Waals surface area (Å²) in [4.78, 5) is 70.5. The second-order valence-corrected chi connectivity index (χ2v) is 7.61. The Labute approximate surface area is 195 Å². The molecule has 0 bridgehead atoms. The molecule has 194 valence electrons. The number of nitrogens with two attached hydrogens (primary N) is 2. The summed E-state index contributed by atoms with van der Waals surface area (Å²) in [5.74, 6) is -7.38. The molecule has 0 aliphatic carbocycles. The summed E-state index contributed by atoms with van der Waals surface area (Å²) < 4.78 is 0. The first kappa shape index (κ1) is 30.7. The zero-order valence-electron chi connectivity index (χ0n) is 18.7. The summed E-state index contributed by atoms with van der Waals surface area (Å²) in [6, 6.07) is -6.05. The fourth-order valence-corrected chi connectivity index (χ4v) is 2.75. The molecule has 0 radical (unpaired) electrons.